The maximum Gasteiger partial charge on any atom is 0.0698 e. The van der Waals surface area contributed by atoms with Gasteiger partial charge in [0.2, 0.25) is 0 Å². The molecular weight excluding hydrogens is 248 g/mol. The normalized spacial score (nSPS) is 23.9. The van der Waals surface area contributed by atoms with Crippen LogP contribution >= 0.6 is 0 Å². The minimum Gasteiger partial charge on any atom is -0.380 e. The van der Waals surface area contributed by atoms with Gasteiger partial charge in [-0.3, -0.25) is 4.90 Å². The zero-order valence-corrected chi connectivity index (χ0v) is 12.5. The zero-order chi connectivity index (χ0) is 13.8. The topological polar surface area (TPSA) is 24.5 Å². The highest BCUT2D eigenvalue weighted by Gasteiger charge is 2.22. The minimum absolute atomic E-state index is 0.417. The molecule has 0 radical (unpaired) electrons. The highest BCUT2D eigenvalue weighted by atomic mass is 16.5. The summed E-state index contributed by atoms with van der Waals surface area (Å²) in [6.45, 7) is 4.34. The van der Waals surface area contributed by atoms with Crippen LogP contribution in [0.3, 0.4) is 0 Å². The molecule has 1 heterocycles. The van der Waals surface area contributed by atoms with Crippen molar-refractivity contribution in [2.24, 2.45) is 0 Å². The van der Waals surface area contributed by atoms with Gasteiger partial charge in [0.15, 0.2) is 0 Å². The van der Waals surface area contributed by atoms with E-state index >= 15 is 0 Å². The Morgan fingerprint density at radius 1 is 1.20 bits per heavy atom. The van der Waals surface area contributed by atoms with Crippen molar-refractivity contribution in [1.29, 1.82) is 0 Å². The predicted octanol–water partition coefficient (Wildman–Crippen LogP) is 2.55. The Bertz CT molecular complexity index is 431. The van der Waals surface area contributed by atoms with Crippen LogP contribution in [0.2, 0.25) is 0 Å². The first-order valence-corrected chi connectivity index (χ1v) is 7.90. The largest absolute Gasteiger partial charge is 0.380 e. The summed E-state index contributed by atoms with van der Waals surface area (Å²) in [6.07, 6.45) is 5.58. The Kier molecular flexibility index (Phi) is 4.71. The summed E-state index contributed by atoms with van der Waals surface area (Å²) in [5.74, 6) is 0. The quantitative estimate of drug-likeness (QED) is 0.863. The van der Waals surface area contributed by atoms with Gasteiger partial charge in [-0.05, 0) is 43.4 Å². The lowest BCUT2D eigenvalue weighted by molar-refractivity contribution is 0.0284. The van der Waals surface area contributed by atoms with Gasteiger partial charge in [0.05, 0.1) is 6.10 Å². The molecule has 2 aliphatic rings. The lowest BCUT2D eigenvalue weighted by atomic mass is 10.0. The predicted molar refractivity (Wildman–Crippen MR) is 81.6 cm³/mol. The smallest absolute Gasteiger partial charge is 0.0698 e. The first kappa shape index (κ1) is 14.1. The fraction of sp³-hybridized carbons (Fsp3) is 0.647. The Balaban J connectivity index is 1.60. The van der Waals surface area contributed by atoms with Crippen molar-refractivity contribution in [2.45, 2.75) is 50.9 Å². The molecule has 0 bridgehead atoms. The molecule has 1 saturated heterocycles. The highest BCUT2D eigenvalue weighted by Crippen LogP contribution is 2.21. The van der Waals surface area contributed by atoms with Gasteiger partial charge >= 0.3 is 0 Å². The fourth-order valence-corrected chi connectivity index (χ4v) is 3.02. The standard InChI is InChI=1S/C17H26N2O/c1-20-17-7-4-10-19(13-17)12-15-6-3-2-5-14(15)11-18-16-8-9-16/h2-3,5-6,16-18H,4,7-13H2,1H3. The summed E-state index contributed by atoms with van der Waals surface area (Å²) in [5.41, 5.74) is 2.93. The summed E-state index contributed by atoms with van der Waals surface area (Å²) >= 11 is 0. The number of hydrogen-bond acceptors (Lipinski definition) is 3. The number of rotatable bonds is 6. The van der Waals surface area contributed by atoms with E-state index in [0.29, 0.717) is 6.10 Å². The van der Waals surface area contributed by atoms with E-state index < -0.39 is 0 Å². The van der Waals surface area contributed by atoms with Crippen LogP contribution < -0.4 is 5.32 Å². The van der Waals surface area contributed by atoms with Crippen LogP contribution in [-0.2, 0) is 17.8 Å². The van der Waals surface area contributed by atoms with E-state index in [2.05, 4.69) is 34.5 Å². The molecule has 110 valence electrons. The number of hydrogen-bond donors (Lipinski definition) is 1. The van der Waals surface area contributed by atoms with E-state index in [-0.39, 0.29) is 0 Å². The van der Waals surface area contributed by atoms with E-state index in [4.69, 9.17) is 4.74 Å². The molecule has 1 atom stereocenters. The van der Waals surface area contributed by atoms with Gasteiger partial charge in [-0.25, -0.2) is 0 Å². The van der Waals surface area contributed by atoms with Gasteiger partial charge in [0.25, 0.3) is 0 Å². The van der Waals surface area contributed by atoms with E-state index in [1.165, 1.54) is 43.4 Å². The van der Waals surface area contributed by atoms with Gasteiger partial charge in [-0.1, -0.05) is 24.3 Å². The van der Waals surface area contributed by atoms with Crippen LogP contribution in [0.1, 0.15) is 36.8 Å². The average Bonchev–Trinajstić information content (AvgIpc) is 3.31. The fourth-order valence-electron chi connectivity index (χ4n) is 3.02. The van der Waals surface area contributed by atoms with Crippen LogP contribution in [0.5, 0.6) is 0 Å². The van der Waals surface area contributed by atoms with Crippen LogP contribution in [0.15, 0.2) is 24.3 Å². The number of methoxy groups -OCH3 is 1. The lowest BCUT2D eigenvalue weighted by Crippen LogP contribution is -2.38. The van der Waals surface area contributed by atoms with Crippen molar-refractivity contribution in [2.75, 3.05) is 20.2 Å². The highest BCUT2D eigenvalue weighted by molar-refractivity contribution is 5.27. The Morgan fingerprint density at radius 2 is 2.00 bits per heavy atom. The second kappa shape index (κ2) is 6.70. The van der Waals surface area contributed by atoms with Crippen LogP contribution in [0.25, 0.3) is 0 Å². The Morgan fingerprint density at radius 3 is 2.75 bits per heavy atom. The average molecular weight is 274 g/mol. The van der Waals surface area contributed by atoms with E-state index in [1.54, 1.807) is 0 Å². The van der Waals surface area contributed by atoms with Crippen LogP contribution in [0, 0.1) is 0 Å². The van der Waals surface area contributed by atoms with Crippen LogP contribution in [0.4, 0.5) is 0 Å². The number of benzene rings is 1. The van der Waals surface area contributed by atoms with E-state index in [0.717, 1.165) is 25.7 Å². The van der Waals surface area contributed by atoms with Crippen molar-refractivity contribution in [3.8, 4) is 0 Å². The summed E-state index contributed by atoms with van der Waals surface area (Å²) in [5, 5.41) is 3.63. The van der Waals surface area contributed by atoms with Crippen molar-refractivity contribution in [1.82, 2.24) is 10.2 Å². The zero-order valence-electron chi connectivity index (χ0n) is 12.5. The summed E-state index contributed by atoms with van der Waals surface area (Å²) in [4.78, 5) is 2.54. The molecule has 3 rings (SSSR count). The van der Waals surface area contributed by atoms with E-state index in [9.17, 15) is 0 Å². The number of piperidine rings is 1. The number of nitrogens with zero attached hydrogens (tertiary/aromatic N) is 1. The van der Waals surface area contributed by atoms with Crippen molar-refractivity contribution in [3.05, 3.63) is 35.4 Å². The lowest BCUT2D eigenvalue weighted by Gasteiger charge is -2.32. The molecule has 1 aromatic carbocycles. The van der Waals surface area contributed by atoms with Crippen molar-refractivity contribution >= 4 is 0 Å². The molecular formula is C17H26N2O. The third-order valence-corrected chi connectivity index (χ3v) is 4.47. The summed E-state index contributed by atoms with van der Waals surface area (Å²) in [6, 6.07) is 9.63. The van der Waals surface area contributed by atoms with Gasteiger partial charge in [0, 0.05) is 32.8 Å². The molecule has 0 amide bonds. The van der Waals surface area contributed by atoms with Gasteiger partial charge in [0.1, 0.15) is 0 Å². The molecule has 1 unspecified atom stereocenters. The molecule has 1 saturated carbocycles. The van der Waals surface area contributed by atoms with Crippen molar-refractivity contribution < 1.29 is 4.74 Å². The molecule has 1 N–H and O–H groups in total. The Labute approximate surface area is 122 Å². The van der Waals surface area contributed by atoms with Gasteiger partial charge in [-0.15, -0.1) is 0 Å². The summed E-state index contributed by atoms with van der Waals surface area (Å²) < 4.78 is 5.52. The Hall–Kier alpha value is -0.900. The van der Waals surface area contributed by atoms with Crippen LogP contribution in [-0.4, -0.2) is 37.2 Å². The van der Waals surface area contributed by atoms with Gasteiger partial charge < -0.3 is 10.1 Å². The molecule has 0 spiro atoms. The minimum atomic E-state index is 0.417. The molecule has 1 aliphatic heterocycles. The second-order valence-corrected chi connectivity index (χ2v) is 6.16. The third kappa shape index (κ3) is 3.81. The molecule has 1 aromatic rings. The van der Waals surface area contributed by atoms with Crippen molar-refractivity contribution in [3.63, 3.8) is 0 Å². The molecule has 20 heavy (non-hydrogen) atoms. The SMILES string of the molecule is COC1CCCN(Cc2ccccc2CNC2CC2)C1. The second-order valence-electron chi connectivity index (χ2n) is 6.16. The maximum absolute atomic E-state index is 5.52. The molecule has 3 heteroatoms. The molecule has 2 fully saturated rings. The van der Waals surface area contributed by atoms with Gasteiger partial charge in [-0.2, -0.15) is 0 Å². The molecule has 1 aliphatic carbocycles. The number of ether oxygens (including phenoxy) is 1. The first-order chi connectivity index (χ1) is 9.85. The van der Waals surface area contributed by atoms with E-state index in [1.807, 2.05) is 7.11 Å². The third-order valence-electron chi connectivity index (χ3n) is 4.47. The molecule has 3 nitrogen and oxygen atoms in total. The number of nitrogens with one attached hydrogen (secondary N) is 1. The monoisotopic (exact) mass is 274 g/mol. The summed E-state index contributed by atoms with van der Waals surface area (Å²) in [7, 11) is 1.83. The first-order valence-electron chi connectivity index (χ1n) is 7.90. The number of likely N-dealkylation sites (tertiary alicyclic amines) is 1. The maximum atomic E-state index is 5.52. The molecule has 0 aromatic heterocycles.